The van der Waals surface area contributed by atoms with Crippen molar-refractivity contribution in [3.05, 3.63) is 42.7 Å². The lowest BCUT2D eigenvalue weighted by molar-refractivity contribution is 0.174. The van der Waals surface area contributed by atoms with E-state index in [1.807, 2.05) is 36.4 Å². The minimum atomic E-state index is 0.229. The summed E-state index contributed by atoms with van der Waals surface area (Å²) in [5, 5.41) is 4.16. The molecule has 1 aromatic heterocycles. The Morgan fingerprint density at radius 1 is 1.14 bits per heavy atom. The topological polar surface area (TPSA) is 65.5 Å². The van der Waals surface area contributed by atoms with Crippen molar-refractivity contribution < 1.29 is 14.2 Å². The molecule has 0 atom stereocenters. The van der Waals surface area contributed by atoms with E-state index in [1.54, 1.807) is 7.11 Å². The van der Waals surface area contributed by atoms with Gasteiger partial charge in [0.15, 0.2) is 11.5 Å². The molecule has 3 aromatic rings. The largest absolute Gasteiger partial charge is 0.497 e. The average molecular weight is 295 g/mol. The maximum absolute atomic E-state index is 5.51. The van der Waals surface area contributed by atoms with Gasteiger partial charge in [-0.1, -0.05) is 6.07 Å². The van der Waals surface area contributed by atoms with Gasteiger partial charge in [-0.15, -0.1) is 0 Å². The molecule has 0 saturated carbocycles. The Bertz CT molecular complexity index is 851. The molecule has 6 heteroatoms. The number of hydrogen-bond acceptors (Lipinski definition) is 6. The summed E-state index contributed by atoms with van der Waals surface area (Å²) in [7, 11) is 1.63. The number of nitrogens with zero attached hydrogens (tertiary/aromatic N) is 2. The van der Waals surface area contributed by atoms with E-state index in [0.29, 0.717) is 11.6 Å². The van der Waals surface area contributed by atoms with Crippen LogP contribution in [0, 0.1) is 0 Å². The van der Waals surface area contributed by atoms with Gasteiger partial charge in [0, 0.05) is 5.39 Å². The van der Waals surface area contributed by atoms with Crippen LogP contribution in [0.5, 0.6) is 17.2 Å². The molecule has 1 aliphatic rings. The quantitative estimate of drug-likeness (QED) is 0.801. The fourth-order valence-electron chi connectivity index (χ4n) is 2.42. The Kier molecular flexibility index (Phi) is 2.93. The fraction of sp³-hybridized carbons (Fsp3) is 0.125. The first-order valence-electron chi connectivity index (χ1n) is 6.79. The predicted octanol–water partition coefficient (Wildman–Crippen LogP) is 3.11. The van der Waals surface area contributed by atoms with E-state index in [2.05, 4.69) is 15.3 Å². The number of anilines is 2. The molecule has 0 bridgehead atoms. The molecule has 6 nitrogen and oxygen atoms in total. The van der Waals surface area contributed by atoms with Crippen LogP contribution in [0.3, 0.4) is 0 Å². The number of nitrogens with one attached hydrogen (secondary N) is 1. The van der Waals surface area contributed by atoms with Crippen molar-refractivity contribution >= 4 is 22.4 Å². The Morgan fingerprint density at radius 3 is 3.00 bits per heavy atom. The van der Waals surface area contributed by atoms with E-state index in [-0.39, 0.29) is 6.79 Å². The maximum Gasteiger partial charge on any atom is 0.231 e. The highest BCUT2D eigenvalue weighted by Gasteiger charge is 2.18. The lowest BCUT2D eigenvalue weighted by Gasteiger charge is -2.11. The minimum absolute atomic E-state index is 0.229. The number of para-hydroxylation sites is 1. The van der Waals surface area contributed by atoms with Gasteiger partial charge in [0.25, 0.3) is 0 Å². The van der Waals surface area contributed by atoms with Gasteiger partial charge >= 0.3 is 0 Å². The van der Waals surface area contributed by atoms with E-state index < -0.39 is 0 Å². The van der Waals surface area contributed by atoms with Crippen LogP contribution in [0.25, 0.3) is 10.9 Å². The van der Waals surface area contributed by atoms with Crippen LogP contribution in [0.2, 0.25) is 0 Å². The molecule has 0 spiro atoms. The van der Waals surface area contributed by atoms with Gasteiger partial charge in [0.1, 0.15) is 17.9 Å². The number of aromatic nitrogens is 2. The summed E-state index contributed by atoms with van der Waals surface area (Å²) in [6.07, 6.45) is 1.53. The number of hydrogen-bond donors (Lipinski definition) is 1. The van der Waals surface area contributed by atoms with E-state index in [1.165, 1.54) is 6.33 Å². The molecule has 0 fully saturated rings. The zero-order valence-electron chi connectivity index (χ0n) is 11.9. The molecule has 2 heterocycles. The minimum Gasteiger partial charge on any atom is -0.497 e. The van der Waals surface area contributed by atoms with Gasteiger partial charge in [-0.3, -0.25) is 0 Å². The monoisotopic (exact) mass is 295 g/mol. The smallest absolute Gasteiger partial charge is 0.231 e. The van der Waals surface area contributed by atoms with Crippen molar-refractivity contribution in [1.82, 2.24) is 9.97 Å². The van der Waals surface area contributed by atoms with Gasteiger partial charge in [-0.2, -0.15) is 0 Å². The number of fused-ring (bicyclic) bond motifs is 2. The highest BCUT2D eigenvalue weighted by atomic mass is 16.7. The van der Waals surface area contributed by atoms with Gasteiger partial charge in [0.2, 0.25) is 6.79 Å². The molecule has 22 heavy (non-hydrogen) atoms. The second-order valence-electron chi connectivity index (χ2n) is 4.77. The van der Waals surface area contributed by atoms with Gasteiger partial charge < -0.3 is 19.5 Å². The number of methoxy groups -OCH3 is 1. The summed E-state index contributed by atoms with van der Waals surface area (Å²) in [6, 6.07) is 11.4. The standard InChI is InChI=1S/C16H13N3O3/c1-20-10-5-6-12-11(7-10)16(18-8-17-12)19-13-3-2-4-14-15(13)22-9-21-14/h2-8H,9H2,1H3,(H,17,18,19). The van der Waals surface area contributed by atoms with Crippen LogP contribution < -0.4 is 19.5 Å². The Labute approximate surface area is 126 Å². The number of ether oxygens (including phenoxy) is 3. The van der Waals surface area contributed by atoms with E-state index >= 15 is 0 Å². The van der Waals surface area contributed by atoms with Crippen LogP contribution >= 0.6 is 0 Å². The summed E-state index contributed by atoms with van der Waals surface area (Å²) in [4.78, 5) is 8.60. The number of benzene rings is 2. The van der Waals surface area contributed by atoms with Crippen molar-refractivity contribution in [2.75, 3.05) is 19.2 Å². The highest BCUT2D eigenvalue weighted by molar-refractivity contribution is 5.92. The molecule has 0 saturated heterocycles. The van der Waals surface area contributed by atoms with Crippen LogP contribution in [0.4, 0.5) is 11.5 Å². The van der Waals surface area contributed by atoms with Crippen molar-refractivity contribution in [3.63, 3.8) is 0 Å². The average Bonchev–Trinajstić information content (AvgIpc) is 3.04. The van der Waals surface area contributed by atoms with Crippen molar-refractivity contribution in [2.24, 2.45) is 0 Å². The van der Waals surface area contributed by atoms with E-state index in [0.717, 1.165) is 28.1 Å². The predicted molar refractivity (Wildman–Crippen MR) is 81.9 cm³/mol. The third kappa shape index (κ3) is 2.05. The zero-order valence-corrected chi connectivity index (χ0v) is 11.9. The molecule has 1 N–H and O–H groups in total. The van der Waals surface area contributed by atoms with Crippen LogP contribution in [0.15, 0.2) is 42.7 Å². The Balaban J connectivity index is 1.80. The summed E-state index contributed by atoms with van der Waals surface area (Å²) in [5.41, 5.74) is 1.64. The van der Waals surface area contributed by atoms with Crippen molar-refractivity contribution in [1.29, 1.82) is 0 Å². The summed E-state index contributed by atoms with van der Waals surface area (Å²) in [5.74, 6) is 2.86. The van der Waals surface area contributed by atoms with Crippen LogP contribution in [0.1, 0.15) is 0 Å². The van der Waals surface area contributed by atoms with Gasteiger partial charge in [-0.25, -0.2) is 9.97 Å². The maximum atomic E-state index is 5.51. The molecule has 1 aliphatic heterocycles. The fourth-order valence-corrected chi connectivity index (χ4v) is 2.42. The molecule has 2 aromatic carbocycles. The molecular weight excluding hydrogens is 282 g/mol. The first-order valence-corrected chi connectivity index (χ1v) is 6.79. The zero-order chi connectivity index (χ0) is 14.9. The Hall–Kier alpha value is -3.02. The van der Waals surface area contributed by atoms with E-state index in [4.69, 9.17) is 14.2 Å². The van der Waals surface area contributed by atoms with Crippen LogP contribution in [-0.2, 0) is 0 Å². The Morgan fingerprint density at radius 2 is 2.09 bits per heavy atom. The third-order valence-electron chi connectivity index (χ3n) is 3.49. The molecule has 0 unspecified atom stereocenters. The molecule has 0 amide bonds. The normalized spacial score (nSPS) is 12.4. The van der Waals surface area contributed by atoms with E-state index in [9.17, 15) is 0 Å². The highest BCUT2D eigenvalue weighted by Crippen LogP contribution is 2.40. The summed E-state index contributed by atoms with van der Waals surface area (Å²) in [6.45, 7) is 0.229. The van der Waals surface area contributed by atoms with Crippen molar-refractivity contribution in [3.8, 4) is 17.2 Å². The summed E-state index contributed by atoms with van der Waals surface area (Å²) < 4.78 is 16.2. The molecule has 0 radical (unpaired) electrons. The molecule has 4 rings (SSSR count). The summed E-state index contributed by atoms with van der Waals surface area (Å²) >= 11 is 0. The second-order valence-corrected chi connectivity index (χ2v) is 4.77. The first-order chi connectivity index (χ1) is 10.8. The molecular formula is C16H13N3O3. The molecule has 110 valence electrons. The molecule has 0 aliphatic carbocycles. The SMILES string of the molecule is COc1ccc2ncnc(Nc3cccc4c3OCO4)c2c1. The lowest BCUT2D eigenvalue weighted by Crippen LogP contribution is -1.98. The van der Waals surface area contributed by atoms with Crippen molar-refractivity contribution in [2.45, 2.75) is 0 Å². The van der Waals surface area contributed by atoms with Gasteiger partial charge in [-0.05, 0) is 30.3 Å². The second kappa shape index (κ2) is 5.07. The van der Waals surface area contributed by atoms with Gasteiger partial charge in [0.05, 0.1) is 18.3 Å². The number of rotatable bonds is 3. The van der Waals surface area contributed by atoms with Crippen LogP contribution in [-0.4, -0.2) is 23.9 Å². The first kappa shape index (κ1) is 12.7. The lowest BCUT2D eigenvalue weighted by atomic mass is 10.2. The third-order valence-corrected chi connectivity index (χ3v) is 3.49.